The molecule has 0 saturated carbocycles. The first-order chi connectivity index (χ1) is 8.58. The van der Waals surface area contributed by atoms with Gasteiger partial charge in [-0.05, 0) is 24.3 Å². The molecule has 0 saturated heterocycles. The first-order valence-corrected chi connectivity index (χ1v) is 6.59. The number of hydrogen-bond acceptors (Lipinski definition) is 2. The predicted octanol–water partition coefficient (Wildman–Crippen LogP) is 5.21. The molecule has 0 fully saturated rings. The van der Waals surface area contributed by atoms with E-state index in [0.717, 1.165) is 4.47 Å². The maximum absolute atomic E-state index is 9.79. The third-order valence-corrected chi connectivity index (χ3v) is 3.32. The topological polar surface area (TPSA) is 32.6 Å². The lowest BCUT2D eigenvalue weighted by Crippen LogP contribution is -1.84. The molecule has 0 radical (unpaired) electrons. The Balaban J connectivity index is 2.38. The van der Waals surface area contributed by atoms with Gasteiger partial charge >= 0.3 is 0 Å². The van der Waals surface area contributed by atoms with Crippen molar-refractivity contribution in [2.45, 2.75) is 0 Å². The molecule has 0 aliphatic heterocycles. The van der Waals surface area contributed by atoms with Crippen LogP contribution in [0.4, 0.5) is 5.69 Å². The van der Waals surface area contributed by atoms with E-state index in [-0.39, 0.29) is 10.8 Å². The molecule has 2 nitrogen and oxygen atoms in total. The number of halogens is 3. The minimum Gasteiger partial charge on any atom is -0.506 e. The van der Waals surface area contributed by atoms with Gasteiger partial charge in [-0.3, -0.25) is 4.99 Å². The molecule has 2 rings (SSSR count). The Morgan fingerprint density at radius 2 is 1.83 bits per heavy atom. The van der Waals surface area contributed by atoms with Crippen LogP contribution in [0.15, 0.2) is 45.9 Å². The van der Waals surface area contributed by atoms with Crippen molar-refractivity contribution >= 4 is 51.0 Å². The Hall–Kier alpha value is -1.03. The van der Waals surface area contributed by atoms with Gasteiger partial charge in [0.15, 0.2) is 0 Å². The lowest BCUT2D eigenvalue weighted by atomic mass is 10.2. The molecule has 0 amide bonds. The molecule has 0 spiro atoms. The number of rotatable bonds is 2. The highest BCUT2D eigenvalue weighted by Gasteiger charge is 2.05. The van der Waals surface area contributed by atoms with Crippen molar-refractivity contribution in [1.82, 2.24) is 0 Å². The van der Waals surface area contributed by atoms with E-state index >= 15 is 0 Å². The molecule has 0 aliphatic rings. The van der Waals surface area contributed by atoms with Crippen molar-refractivity contribution in [3.8, 4) is 5.75 Å². The monoisotopic (exact) mass is 343 g/mol. The van der Waals surface area contributed by atoms with Crippen LogP contribution in [0.3, 0.4) is 0 Å². The van der Waals surface area contributed by atoms with E-state index in [2.05, 4.69) is 20.9 Å². The smallest absolute Gasteiger partial charge is 0.143 e. The Kier molecular flexibility index (Phi) is 4.27. The molecule has 2 aromatic carbocycles. The van der Waals surface area contributed by atoms with E-state index in [1.165, 1.54) is 6.21 Å². The van der Waals surface area contributed by atoms with Gasteiger partial charge in [0.2, 0.25) is 0 Å². The van der Waals surface area contributed by atoms with Gasteiger partial charge in [-0.25, -0.2) is 0 Å². The lowest BCUT2D eigenvalue weighted by Gasteiger charge is -2.02. The second-order valence-electron chi connectivity index (χ2n) is 3.54. The number of aliphatic imine (C=N–C) groups is 1. The number of hydrogen-bond donors (Lipinski definition) is 1. The number of phenolic OH excluding ortho intramolecular Hbond substituents is 1. The molecule has 0 unspecified atom stereocenters. The molecule has 18 heavy (non-hydrogen) atoms. The predicted molar refractivity (Wildman–Crippen MR) is 79.5 cm³/mol. The van der Waals surface area contributed by atoms with Crippen molar-refractivity contribution in [3.05, 3.63) is 56.5 Å². The van der Waals surface area contributed by atoms with Gasteiger partial charge in [-0.2, -0.15) is 0 Å². The quantitative estimate of drug-likeness (QED) is 0.745. The van der Waals surface area contributed by atoms with Crippen molar-refractivity contribution in [2.75, 3.05) is 0 Å². The summed E-state index contributed by atoms with van der Waals surface area (Å²) >= 11 is 15.2. The Morgan fingerprint density at radius 3 is 2.56 bits per heavy atom. The van der Waals surface area contributed by atoms with E-state index < -0.39 is 0 Å². The summed E-state index contributed by atoms with van der Waals surface area (Å²) < 4.78 is 0.769. The van der Waals surface area contributed by atoms with Gasteiger partial charge in [-0.15, -0.1) is 0 Å². The van der Waals surface area contributed by atoms with Gasteiger partial charge in [0.05, 0.1) is 15.7 Å². The first-order valence-electron chi connectivity index (χ1n) is 5.04. The van der Waals surface area contributed by atoms with E-state index in [0.29, 0.717) is 16.3 Å². The molecule has 0 heterocycles. The van der Waals surface area contributed by atoms with E-state index in [1.807, 2.05) is 12.1 Å². The number of phenols is 1. The highest BCUT2D eigenvalue weighted by atomic mass is 79.9. The molecule has 0 aromatic heterocycles. The zero-order chi connectivity index (χ0) is 13.1. The van der Waals surface area contributed by atoms with E-state index in [4.69, 9.17) is 23.2 Å². The highest BCUT2D eigenvalue weighted by Crippen LogP contribution is 2.31. The van der Waals surface area contributed by atoms with Crippen LogP contribution in [0.25, 0.3) is 0 Å². The fourth-order valence-electron chi connectivity index (χ4n) is 1.38. The van der Waals surface area contributed by atoms with Crippen LogP contribution in [0, 0.1) is 0 Å². The average Bonchev–Trinajstić information content (AvgIpc) is 2.33. The molecule has 92 valence electrons. The summed E-state index contributed by atoms with van der Waals surface area (Å²) in [6.45, 7) is 0. The summed E-state index contributed by atoms with van der Waals surface area (Å²) in [7, 11) is 0. The Labute approximate surface area is 123 Å². The lowest BCUT2D eigenvalue weighted by molar-refractivity contribution is 0.474. The van der Waals surface area contributed by atoms with Crippen molar-refractivity contribution in [3.63, 3.8) is 0 Å². The second kappa shape index (κ2) is 5.74. The van der Waals surface area contributed by atoms with Crippen LogP contribution in [-0.2, 0) is 0 Å². The van der Waals surface area contributed by atoms with Crippen molar-refractivity contribution in [1.29, 1.82) is 0 Å². The summed E-state index contributed by atoms with van der Waals surface area (Å²) in [6.07, 6.45) is 1.52. The summed E-state index contributed by atoms with van der Waals surface area (Å²) in [5.74, 6) is -0.00401. The highest BCUT2D eigenvalue weighted by molar-refractivity contribution is 9.10. The van der Waals surface area contributed by atoms with Crippen LogP contribution in [0.1, 0.15) is 5.56 Å². The van der Waals surface area contributed by atoms with E-state index in [1.54, 1.807) is 24.3 Å². The largest absolute Gasteiger partial charge is 0.506 e. The maximum atomic E-state index is 9.79. The Morgan fingerprint density at radius 1 is 1.11 bits per heavy atom. The number of aromatic hydroxyl groups is 1. The van der Waals surface area contributed by atoms with Gasteiger partial charge in [-0.1, -0.05) is 51.3 Å². The van der Waals surface area contributed by atoms with Crippen LogP contribution in [0.2, 0.25) is 10.0 Å². The van der Waals surface area contributed by atoms with Crippen LogP contribution in [0.5, 0.6) is 5.75 Å². The minimum absolute atomic E-state index is 0.00401. The van der Waals surface area contributed by atoms with Crippen LogP contribution < -0.4 is 0 Å². The standard InChI is InChI=1S/C13H8BrCl2NO/c14-9-5-8(13(18)11(16)6-9)7-17-12-4-2-1-3-10(12)15/h1-7,18H. The fraction of sp³-hybridized carbons (Fsp3) is 0. The average molecular weight is 345 g/mol. The molecular formula is C13H8BrCl2NO. The van der Waals surface area contributed by atoms with Crippen molar-refractivity contribution in [2.24, 2.45) is 4.99 Å². The molecule has 0 aliphatic carbocycles. The van der Waals surface area contributed by atoms with Crippen LogP contribution in [-0.4, -0.2) is 11.3 Å². The molecule has 5 heteroatoms. The van der Waals surface area contributed by atoms with Gasteiger partial charge in [0.25, 0.3) is 0 Å². The number of para-hydroxylation sites is 1. The number of nitrogens with zero attached hydrogens (tertiary/aromatic N) is 1. The molecule has 1 N–H and O–H groups in total. The number of benzene rings is 2. The third kappa shape index (κ3) is 3.05. The second-order valence-corrected chi connectivity index (χ2v) is 5.27. The third-order valence-electron chi connectivity index (χ3n) is 2.25. The van der Waals surface area contributed by atoms with Crippen LogP contribution >= 0.6 is 39.1 Å². The minimum atomic E-state index is -0.00401. The summed E-state index contributed by atoms with van der Waals surface area (Å²) in [6, 6.07) is 10.5. The van der Waals surface area contributed by atoms with Gasteiger partial charge in [0, 0.05) is 16.3 Å². The zero-order valence-electron chi connectivity index (χ0n) is 9.07. The molecule has 2 aromatic rings. The van der Waals surface area contributed by atoms with E-state index in [9.17, 15) is 5.11 Å². The summed E-state index contributed by atoms with van der Waals surface area (Å²) in [5.41, 5.74) is 1.16. The zero-order valence-corrected chi connectivity index (χ0v) is 12.2. The first kappa shape index (κ1) is 13.4. The Bertz CT molecular complexity index is 614. The SMILES string of the molecule is Oc1c(Cl)cc(Br)cc1C=Nc1ccccc1Cl. The summed E-state index contributed by atoms with van der Waals surface area (Å²) in [4.78, 5) is 4.22. The summed E-state index contributed by atoms with van der Waals surface area (Å²) in [5, 5.41) is 10.6. The maximum Gasteiger partial charge on any atom is 0.143 e. The molecular weight excluding hydrogens is 337 g/mol. The molecule has 0 bridgehead atoms. The van der Waals surface area contributed by atoms with Crippen molar-refractivity contribution < 1.29 is 5.11 Å². The van der Waals surface area contributed by atoms with Gasteiger partial charge < -0.3 is 5.11 Å². The normalized spacial score (nSPS) is 11.1. The van der Waals surface area contributed by atoms with Gasteiger partial charge in [0.1, 0.15) is 5.75 Å². The fourth-order valence-corrected chi connectivity index (χ4v) is 2.40. The molecule has 0 atom stereocenters.